The summed E-state index contributed by atoms with van der Waals surface area (Å²) < 4.78 is 9.96. The minimum absolute atomic E-state index is 0.141. The summed E-state index contributed by atoms with van der Waals surface area (Å²) in [6.07, 6.45) is 0.890. The maximum atomic E-state index is 11.3. The van der Waals surface area contributed by atoms with E-state index in [0.29, 0.717) is 6.61 Å². The Morgan fingerprint density at radius 3 is 2.29 bits per heavy atom. The van der Waals surface area contributed by atoms with Gasteiger partial charge >= 0.3 is 5.97 Å². The van der Waals surface area contributed by atoms with Crippen molar-refractivity contribution in [3.63, 3.8) is 0 Å². The number of carbonyl (C=O) groups is 2. The van der Waals surface area contributed by atoms with Gasteiger partial charge in [-0.25, -0.2) is 4.79 Å². The fraction of sp³-hybridized carbons (Fsp3) is 0.833. The molecule has 0 aliphatic rings. The van der Waals surface area contributed by atoms with Gasteiger partial charge < -0.3 is 14.8 Å². The molecule has 0 saturated heterocycles. The van der Waals surface area contributed by atoms with Gasteiger partial charge in [-0.3, -0.25) is 4.79 Å². The molecule has 5 nitrogen and oxygen atoms in total. The molecule has 0 spiro atoms. The molecule has 0 saturated carbocycles. The molecule has 17 heavy (non-hydrogen) atoms. The highest BCUT2D eigenvalue weighted by molar-refractivity contribution is 5.83. The van der Waals surface area contributed by atoms with Crippen LogP contribution in [0.25, 0.3) is 0 Å². The quantitative estimate of drug-likeness (QED) is 0.562. The second kappa shape index (κ2) is 7.27. The maximum absolute atomic E-state index is 11.3. The lowest BCUT2D eigenvalue weighted by Gasteiger charge is -2.19. The van der Waals surface area contributed by atoms with Crippen LogP contribution in [0.2, 0.25) is 0 Å². The zero-order chi connectivity index (χ0) is 13.5. The van der Waals surface area contributed by atoms with Gasteiger partial charge in [0, 0.05) is 13.5 Å². The van der Waals surface area contributed by atoms with Crippen LogP contribution in [0.15, 0.2) is 0 Å². The van der Waals surface area contributed by atoms with Crippen molar-refractivity contribution in [3.05, 3.63) is 0 Å². The first-order valence-corrected chi connectivity index (χ1v) is 5.69. The molecule has 0 aliphatic carbocycles. The van der Waals surface area contributed by atoms with Crippen LogP contribution in [0.5, 0.6) is 0 Å². The van der Waals surface area contributed by atoms with Gasteiger partial charge in [0.2, 0.25) is 5.91 Å². The lowest BCUT2D eigenvalue weighted by molar-refractivity contribution is -0.146. The summed E-state index contributed by atoms with van der Waals surface area (Å²) in [4.78, 5) is 22.2. The van der Waals surface area contributed by atoms with Gasteiger partial charge in [0.25, 0.3) is 0 Å². The van der Waals surface area contributed by atoms with Crippen molar-refractivity contribution < 1.29 is 19.1 Å². The van der Waals surface area contributed by atoms with Crippen LogP contribution in [-0.4, -0.2) is 38.2 Å². The first-order valence-electron chi connectivity index (χ1n) is 5.69. The van der Waals surface area contributed by atoms with E-state index in [2.05, 4.69) is 30.8 Å². The van der Waals surface area contributed by atoms with Gasteiger partial charge in [0.05, 0.1) is 13.7 Å². The average molecular weight is 245 g/mol. The Morgan fingerprint density at radius 2 is 1.88 bits per heavy atom. The zero-order valence-electron chi connectivity index (χ0n) is 11.3. The molecule has 0 bridgehead atoms. The molecule has 0 radical (unpaired) electrons. The van der Waals surface area contributed by atoms with E-state index in [1.807, 2.05) is 0 Å². The number of hydrogen-bond acceptors (Lipinski definition) is 4. The van der Waals surface area contributed by atoms with Crippen molar-refractivity contribution in [2.75, 3.05) is 20.3 Å². The first-order chi connectivity index (χ1) is 7.76. The Bertz CT molecular complexity index is 258. The molecule has 100 valence electrons. The van der Waals surface area contributed by atoms with Crippen LogP contribution in [0.1, 0.15) is 34.1 Å². The van der Waals surface area contributed by atoms with E-state index in [1.165, 1.54) is 14.0 Å². The molecule has 0 aromatic carbocycles. The molecule has 0 heterocycles. The summed E-state index contributed by atoms with van der Waals surface area (Å²) in [5.74, 6) is -0.768. The van der Waals surface area contributed by atoms with Crippen LogP contribution < -0.4 is 5.32 Å². The predicted octanol–water partition coefficient (Wildman–Crippen LogP) is 1.12. The molecular formula is C12H23NO4. The van der Waals surface area contributed by atoms with Crippen LogP contribution in [-0.2, 0) is 19.1 Å². The number of hydrogen-bond donors (Lipinski definition) is 1. The van der Waals surface area contributed by atoms with Gasteiger partial charge in [-0.1, -0.05) is 20.8 Å². The summed E-state index contributed by atoms with van der Waals surface area (Å²) >= 11 is 0. The van der Waals surface area contributed by atoms with E-state index < -0.39 is 12.0 Å². The molecule has 0 aliphatic heterocycles. The number of amides is 1. The SMILES string of the molecule is COC(=O)C(COCCC(C)(C)C)NC(C)=O. The molecule has 0 rings (SSSR count). The van der Waals surface area contributed by atoms with Crippen molar-refractivity contribution in [1.29, 1.82) is 0 Å². The first kappa shape index (κ1) is 15.9. The Hall–Kier alpha value is -1.10. The van der Waals surface area contributed by atoms with Crippen molar-refractivity contribution in [3.8, 4) is 0 Å². The van der Waals surface area contributed by atoms with Crippen LogP contribution in [0, 0.1) is 5.41 Å². The smallest absolute Gasteiger partial charge is 0.330 e. The Labute approximate surface area is 103 Å². The third-order valence-corrected chi connectivity index (χ3v) is 2.14. The second-order valence-electron chi connectivity index (χ2n) is 5.16. The number of carbonyl (C=O) groups excluding carboxylic acids is 2. The lowest BCUT2D eigenvalue weighted by atomic mass is 9.93. The highest BCUT2D eigenvalue weighted by Gasteiger charge is 2.20. The predicted molar refractivity (Wildman–Crippen MR) is 64.5 cm³/mol. The lowest BCUT2D eigenvalue weighted by Crippen LogP contribution is -2.43. The van der Waals surface area contributed by atoms with E-state index in [4.69, 9.17) is 4.74 Å². The molecule has 0 fully saturated rings. The van der Waals surface area contributed by atoms with E-state index in [-0.39, 0.29) is 17.9 Å². The van der Waals surface area contributed by atoms with Gasteiger partial charge in [-0.15, -0.1) is 0 Å². The highest BCUT2D eigenvalue weighted by Crippen LogP contribution is 2.17. The summed E-state index contributed by atoms with van der Waals surface area (Å²) in [6.45, 7) is 8.38. The Kier molecular flexibility index (Phi) is 6.80. The summed E-state index contributed by atoms with van der Waals surface area (Å²) in [7, 11) is 1.28. The van der Waals surface area contributed by atoms with E-state index in [9.17, 15) is 9.59 Å². The number of nitrogens with one attached hydrogen (secondary N) is 1. The van der Waals surface area contributed by atoms with Crippen molar-refractivity contribution >= 4 is 11.9 Å². The standard InChI is InChI=1S/C12H23NO4/c1-9(14)13-10(11(15)16-5)8-17-7-6-12(2,3)4/h10H,6-8H2,1-5H3,(H,13,14). The van der Waals surface area contributed by atoms with Gasteiger partial charge in [-0.2, -0.15) is 0 Å². The van der Waals surface area contributed by atoms with Crippen LogP contribution in [0.4, 0.5) is 0 Å². The van der Waals surface area contributed by atoms with Crippen LogP contribution in [0.3, 0.4) is 0 Å². The minimum Gasteiger partial charge on any atom is -0.467 e. The van der Waals surface area contributed by atoms with Crippen molar-refractivity contribution in [1.82, 2.24) is 5.32 Å². The number of methoxy groups -OCH3 is 1. The second-order valence-corrected chi connectivity index (χ2v) is 5.16. The minimum atomic E-state index is -0.725. The fourth-order valence-electron chi connectivity index (χ4n) is 1.14. The van der Waals surface area contributed by atoms with Crippen LogP contribution >= 0.6 is 0 Å². The Balaban J connectivity index is 4.00. The van der Waals surface area contributed by atoms with Gasteiger partial charge in [0.1, 0.15) is 0 Å². The molecule has 1 N–H and O–H groups in total. The van der Waals surface area contributed by atoms with Crippen molar-refractivity contribution in [2.45, 2.75) is 40.2 Å². The topological polar surface area (TPSA) is 64.6 Å². The summed E-state index contributed by atoms with van der Waals surface area (Å²) in [6, 6.07) is -0.725. The number of ether oxygens (including phenoxy) is 2. The monoisotopic (exact) mass is 245 g/mol. The van der Waals surface area contributed by atoms with E-state index >= 15 is 0 Å². The van der Waals surface area contributed by atoms with Gasteiger partial charge in [0.15, 0.2) is 6.04 Å². The van der Waals surface area contributed by atoms with Crippen molar-refractivity contribution in [2.24, 2.45) is 5.41 Å². The molecule has 5 heteroatoms. The summed E-state index contributed by atoms with van der Waals surface area (Å²) in [5, 5.41) is 2.49. The average Bonchev–Trinajstić information content (AvgIpc) is 2.19. The molecule has 0 aromatic heterocycles. The van der Waals surface area contributed by atoms with Gasteiger partial charge in [-0.05, 0) is 11.8 Å². The highest BCUT2D eigenvalue weighted by atomic mass is 16.5. The zero-order valence-corrected chi connectivity index (χ0v) is 11.3. The molecule has 1 atom stereocenters. The molecule has 1 amide bonds. The molecule has 1 unspecified atom stereocenters. The number of esters is 1. The Morgan fingerprint density at radius 1 is 1.29 bits per heavy atom. The van der Waals surface area contributed by atoms with E-state index in [1.54, 1.807) is 0 Å². The molecular weight excluding hydrogens is 222 g/mol. The largest absolute Gasteiger partial charge is 0.467 e. The summed E-state index contributed by atoms with van der Waals surface area (Å²) in [5.41, 5.74) is 0.189. The normalized spacial score (nSPS) is 13.0. The molecule has 0 aromatic rings. The van der Waals surface area contributed by atoms with E-state index in [0.717, 1.165) is 6.42 Å². The third kappa shape index (κ3) is 8.68. The maximum Gasteiger partial charge on any atom is 0.330 e. The number of rotatable bonds is 6. The fourth-order valence-corrected chi connectivity index (χ4v) is 1.14. The third-order valence-electron chi connectivity index (χ3n) is 2.14.